The fraction of sp³-hybridized carbons (Fsp3) is 0.548. The number of aryl methyl sites for hydroxylation is 2. The Hall–Kier alpha value is -2.73. The van der Waals surface area contributed by atoms with Crippen LogP contribution in [0.2, 0.25) is 0 Å². The number of fused-ring (bicyclic) bond motifs is 1. The van der Waals surface area contributed by atoms with Crippen molar-refractivity contribution in [3.8, 4) is 11.1 Å². The number of nitrogens with zero attached hydrogens (tertiary/aromatic N) is 4. The third-order valence-electron chi connectivity index (χ3n) is 8.47. The van der Waals surface area contributed by atoms with Crippen molar-refractivity contribution in [3.05, 3.63) is 52.7 Å². The highest BCUT2D eigenvalue weighted by atomic mass is 19.1. The van der Waals surface area contributed by atoms with Crippen LogP contribution in [0, 0.1) is 18.7 Å². The first-order chi connectivity index (χ1) is 17.9. The first kappa shape index (κ1) is 24.6. The predicted octanol–water partition coefficient (Wildman–Crippen LogP) is 6.17. The summed E-state index contributed by atoms with van der Waals surface area (Å²) in [5.74, 6) is 0.497. The number of halogens is 1. The number of carbonyl (C=O) groups is 1. The molecule has 0 bridgehead atoms. The van der Waals surface area contributed by atoms with E-state index in [9.17, 15) is 4.79 Å². The Morgan fingerprint density at radius 1 is 1.05 bits per heavy atom. The molecule has 1 amide bonds. The number of benzene rings is 1. The molecule has 3 heterocycles. The monoisotopic (exact) mass is 502 g/mol. The molecule has 5 nitrogen and oxygen atoms in total. The van der Waals surface area contributed by atoms with Crippen molar-refractivity contribution in [2.24, 2.45) is 5.92 Å². The average molecular weight is 503 g/mol. The second-order valence-electron chi connectivity index (χ2n) is 11.7. The summed E-state index contributed by atoms with van der Waals surface area (Å²) in [6.45, 7) is 12.4. The van der Waals surface area contributed by atoms with Crippen LogP contribution in [0.1, 0.15) is 79.8 Å². The smallest absolute Gasteiger partial charge is 0.253 e. The van der Waals surface area contributed by atoms with Crippen molar-refractivity contribution >= 4 is 16.8 Å². The number of amides is 1. The van der Waals surface area contributed by atoms with Crippen LogP contribution < -0.4 is 0 Å². The lowest BCUT2D eigenvalue weighted by atomic mass is 9.96. The molecule has 2 aliphatic carbocycles. The summed E-state index contributed by atoms with van der Waals surface area (Å²) < 4.78 is 18.4. The first-order valence-corrected chi connectivity index (χ1v) is 14.2. The van der Waals surface area contributed by atoms with E-state index < -0.39 is 0 Å². The molecule has 37 heavy (non-hydrogen) atoms. The zero-order valence-electron chi connectivity index (χ0n) is 22.7. The largest absolute Gasteiger partial charge is 0.341 e. The van der Waals surface area contributed by atoms with Gasteiger partial charge in [0.25, 0.3) is 5.91 Å². The molecule has 0 atom stereocenters. The maximum Gasteiger partial charge on any atom is 0.253 e. The molecular formula is C31H39FN4O. The normalized spacial score (nSPS) is 18.8. The van der Waals surface area contributed by atoms with E-state index in [1.807, 2.05) is 30.0 Å². The fourth-order valence-corrected chi connectivity index (χ4v) is 6.15. The van der Waals surface area contributed by atoms with Gasteiger partial charge in [0.15, 0.2) is 5.82 Å². The maximum atomic E-state index is 16.2. The highest BCUT2D eigenvalue weighted by Crippen LogP contribution is 2.41. The molecule has 6 heteroatoms. The van der Waals surface area contributed by atoms with Crippen molar-refractivity contribution < 1.29 is 9.18 Å². The number of pyridine rings is 1. The van der Waals surface area contributed by atoms with E-state index in [0.29, 0.717) is 16.9 Å². The molecule has 1 aliphatic heterocycles. The van der Waals surface area contributed by atoms with Gasteiger partial charge < -0.3 is 9.47 Å². The average Bonchev–Trinajstić information content (AvgIpc) is 3.82. The molecule has 0 spiro atoms. The molecular weight excluding hydrogens is 463 g/mol. The minimum absolute atomic E-state index is 0.0113. The lowest BCUT2D eigenvalue weighted by Crippen LogP contribution is -2.49. The van der Waals surface area contributed by atoms with Gasteiger partial charge in [-0.1, -0.05) is 26.8 Å². The Labute approximate surface area is 219 Å². The van der Waals surface area contributed by atoms with Gasteiger partial charge in [-0.25, -0.2) is 4.39 Å². The first-order valence-electron chi connectivity index (χ1n) is 14.2. The maximum absolute atomic E-state index is 16.2. The van der Waals surface area contributed by atoms with Gasteiger partial charge in [-0.2, -0.15) is 0 Å². The van der Waals surface area contributed by atoms with E-state index in [2.05, 4.69) is 36.3 Å². The molecule has 2 saturated carbocycles. The Balaban J connectivity index is 1.50. The van der Waals surface area contributed by atoms with Gasteiger partial charge in [0.2, 0.25) is 0 Å². The molecule has 1 saturated heterocycles. The number of hydrogen-bond acceptors (Lipinski definition) is 3. The van der Waals surface area contributed by atoms with E-state index in [0.717, 1.165) is 78.9 Å². The molecule has 6 rings (SSSR count). The van der Waals surface area contributed by atoms with Crippen molar-refractivity contribution in [1.82, 2.24) is 19.4 Å². The molecule has 3 aromatic rings. The number of piperazine rings is 1. The summed E-state index contributed by atoms with van der Waals surface area (Å²) >= 11 is 0. The molecule has 196 valence electrons. The van der Waals surface area contributed by atoms with Crippen LogP contribution in [0.25, 0.3) is 22.0 Å². The zero-order chi connectivity index (χ0) is 25.8. The third-order valence-corrected chi connectivity index (χ3v) is 8.47. The van der Waals surface area contributed by atoms with Gasteiger partial charge in [-0.15, -0.1) is 0 Å². The van der Waals surface area contributed by atoms with Crippen molar-refractivity contribution in [2.75, 3.05) is 26.2 Å². The lowest BCUT2D eigenvalue weighted by molar-refractivity contribution is 0.0627. The molecule has 0 radical (unpaired) electrons. The van der Waals surface area contributed by atoms with Gasteiger partial charge in [0.05, 0.1) is 11.2 Å². The van der Waals surface area contributed by atoms with Crippen LogP contribution in [-0.4, -0.2) is 57.5 Å². The number of rotatable bonds is 7. The van der Waals surface area contributed by atoms with Gasteiger partial charge in [0, 0.05) is 72.2 Å². The fourth-order valence-electron chi connectivity index (χ4n) is 6.15. The summed E-state index contributed by atoms with van der Waals surface area (Å²) in [6.07, 6.45) is 5.75. The van der Waals surface area contributed by atoms with Crippen LogP contribution in [-0.2, 0) is 13.0 Å². The molecule has 1 aromatic carbocycles. The van der Waals surface area contributed by atoms with E-state index in [4.69, 9.17) is 4.98 Å². The SMILES string of the molecule is CCc1nc(C)ccc1-c1cc(C(=O)N2CCN(C3CC3)CC2)cc2c(F)c(C(C)C)n(CC3CC3)c12. The van der Waals surface area contributed by atoms with Gasteiger partial charge in [0.1, 0.15) is 0 Å². The minimum atomic E-state index is -0.168. The minimum Gasteiger partial charge on any atom is -0.341 e. The Kier molecular flexibility index (Phi) is 6.34. The van der Waals surface area contributed by atoms with Crippen LogP contribution in [0.15, 0.2) is 24.3 Å². The lowest BCUT2D eigenvalue weighted by Gasteiger charge is -2.35. The van der Waals surface area contributed by atoms with E-state index in [1.54, 1.807) is 0 Å². The molecule has 3 aliphatic rings. The Morgan fingerprint density at radius 2 is 1.78 bits per heavy atom. The summed E-state index contributed by atoms with van der Waals surface area (Å²) in [7, 11) is 0. The molecule has 3 fully saturated rings. The van der Waals surface area contributed by atoms with Crippen molar-refractivity contribution in [1.29, 1.82) is 0 Å². The van der Waals surface area contributed by atoms with E-state index >= 15 is 4.39 Å². The number of aromatic nitrogens is 2. The van der Waals surface area contributed by atoms with Crippen LogP contribution in [0.5, 0.6) is 0 Å². The van der Waals surface area contributed by atoms with Crippen molar-refractivity contribution in [3.63, 3.8) is 0 Å². The molecule has 0 unspecified atom stereocenters. The van der Waals surface area contributed by atoms with Crippen molar-refractivity contribution in [2.45, 2.75) is 78.3 Å². The quantitative estimate of drug-likeness (QED) is 0.388. The van der Waals surface area contributed by atoms with Gasteiger partial charge >= 0.3 is 0 Å². The topological polar surface area (TPSA) is 41.4 Å². The Morgan fingerprint density at radius 3 is 2.41 bits per heavy atom. The summed E-state index contributed by atoms with van der Waals surface area (Å²) in [6, 6.07) is 8.71. The molecule has 0 N–H and O–H groups in total. The second kappa shape index (κ2) is 9.54. The summed E-state index contributed by atoms with van der Waals surface area (Å²) in [4.78, 5) is 23.1. The van der Waals surface area contributed by atoms with E-state index in [-0.39, 0.29) is 17.6 Å². The van der Waals surface area contributed by atoms with Gasteiger partial charge in [-0.05, 0) is 69.1 Å². The second-order valence-corrected chi connectivity index (χ2v) is 11.7. The number of hydrogen-bond donors (Lipinski definition) is 0. The van der Waals surface area contributed by atoms with Crippen LogP contribution in [0.3, 0.4) is 0 Å². The summed E-state index contributed by atoms with van der Waals surface area (Å²) in [5, 5.41) is 0.574. The highest BCUT2D eigenvalue weighted by Gasteiger charge is 2.34. The van der Waals surface area contributed by atoms with Crippen LogP contribution >= 0.6 is 0 Å². The van der Waals surface area contributed by atoms with E-state index in [1.165, 1.54) is 25.7 Å². The summed E-state index contributed by atoms with van der Waals surface area (Å²) in [5.41, 5.74) is 6.18. The zero-order valence-corrected chi connectivity index (χ0v) is 22.7. The Bertz CT molecular complexity index is 1340. The standard InChI is InChI=1S/C31H39FN4O/c1-5-27-24(11-6-20(4)33-27)25-16-22(31(37)35-14-12-34(13-15-35)23-9-10-23)17-26-28(32)29(19(2)3)36(30(25)26)18-21-7-8-21/h6,11,16-17,19,21,23H,5,7-10,12-15,18H2,1-4H3. The number of carbonyl (C=O) groups excluding carboxylic acids is 1. The van der Waals surface area contributed by atoms with Gasteiger partial charge in [-0.3, -0.25) is 14.7 Å². The highest BCUT2D eigenvalue weighted by molar-refractivity contribution is 6.04. The molecule has 2 aromatic heterocycles. The van der Waals surface area contributed by atoms with Crippen LogP contribution in [0.4, 0.5) is 4.39 Å². The predicted molar refractivity (Wildman–Crippen MR) is 147 cm³/mol. The third kappa shape index (κ3) is 4.58.